The molecule has 0 spiro atoms. The molecule has 116 valence electrons. The van der Waals surface area contributed by atoms with E-state index in [0.717, 1.165) is 17.7 Å². The molecule has 4 heteroatoms. The summed E-state index contributed by atoms with van der Waals surface area (Å²) in [6.45, 7) is 2.63. The molecule has 3 N–H and O–H groups in total. The molecule has 0 radical (unpaired) electrons. The Kier molecular flexibility index (Phi) is 6.05. The largest absolute Gasteiger partial charge is 0.399 e. The van der Waals surface area contributed by atoms with Crippen LogP contribution in [-0.4, -0.2) is 18.6 Å². The Labute approximate surface area is 127 Å². The minimum Gasteiger partial charge on any atom is -0.399 e. The third-order valence-corrected chi connectivity index (χ3v) is 3.99. The lowest BCUT2D eigenvalue weighted by molar-refractivity contribution is -0.116. The van der Waals surface area contributed by atoms with Crippen molar-refractivity contribution in [3.8, 4) is 0 Å². The predicted molar refractivity (Wildman–Crippen MR) is 86.3 cm³/mol. The lowest BCUT2D eigenvalue weighted by Crippen LogP contribution is -2.18. The van der Waals surface area contributed by atoms with E-state index in [-0.39, 0.29) is 5.91 Å². The molecule has 1 amide bonds. The zero-order valence-electron chi connectivity index (χ0n) is 12.9. The van der Waals surface area contributed by atoms with E-state index < -0.39 is 0 Å². The summed E-state index contributed by atoms with van der Waals surface area (Å²) in [6, 6.07) is 5.55. The van der Waals surface area contributed by atoms with Crippen LogP contribution in [0.25, 0.3) is 0 Å². The Morgan fingerprint density at radius 2 is 2.10 bits per heavy atom. The number of carbonyl (C=O) groups is 1. The lowest BCUT2D eigenvalue weighted by atomic mass is 9.98. The van der Waals surface area contributed by atoms with Crippen molar-refractivity contribution in [1.29, 1.82) is 0 Å². The van der Waals surface area contributed by atoms with E-state index in [1.807, 2.05) is 19.1 Å². The van der Waals surface area contributed by atoms with Crippen molar-refractivity contribution < 1.29 is 9.53 Å². The van der Waals surface area contributed by atoms with Crippen molar-refractivity contribution in [2.45, 2.75) is 58.0 Å². The van der Waals surface area contributed by atoms with Crippen molar-refractivity contribution in [1.82, 2.24) is 0 Å². The first-order valence-electron chi connectivity index (χ1n) is 7.93. The molecule has 4 nitrogen and oxygen atoms in total. The molecule has 2 rings (SSSR count). The van der Waals surface area contributed by atoms with Gasteiger partial charge in [0.25, 0.3) is 0 Å². The summed E-state index contributed by atoms with van der Waals surface area (Å²) < 4.78 is 5.83. The summed E-state index contributed by atoms with van der Waals surface area (Å²) >= 11 is 0. The maximum Gasteiger partial charge on any atom is 0.224 e. The summed E-state index contributed by atoms with van der Waals surface area (Å²) in [5.41, 5.74) is 8.22. The van der Waals surface area contributed by atoms with E-state index in [9.17, 15) is 4.79 Å². The standard InChI is InChI=1S/C17H26N2O2/c1-13-9-10-14(18)12-16(13)19-17(20)8-5-11-21-15-6-3-2-4-7-15/h9-10,12,15H,2-8,11,18H2,1H3,(H,19,20). The number of nitrogens with two attached hydrogens (primary N) is 1. The van der Waals surface area contributed by atoms with Gasteiger partial charge in [0.15, 0.2) is 0 Å². The molecule has 21 heavy (non-hydrogen) atoms. The van der Waals surface area contributed by atoms with Crippen LogP contribution in [0.2, 0.25) is 0 Å². The van der Waals surface area contributed by atoms with Gasteiger partial charge in [0, 0.05) is 24.4 Å². The minimum absolute atomic E-state index is 0.0240. The molecule has 1 saturated carbocycles. The first-order valence-corrected chi connectivity index (χ1v) is 7.93. The molecule has 1 aromatic carbocycles. The number of rotatable bonds is 6. The maximum absolute atomic E-state index is 11.9. The Balaban J connectivity index is 1.66. The van der Waals surface area contributed by atoms with E-state index in [4.69, 9.17) is 10.5 Å². The van der Waals surface area contributed by atoms with E-state index >= 15 is 0 Å². The highest BCUT2D eigenvalue weighted by Gasteiger charge is 2.13. The molecule has 0 aromatic heterocycles. The van der Waals surface area contributed by atoms with Crippen LogP contribution in [0.5, 0.6) is 0 Å². The molecular weight excluding hydrogens is 264 g/mol. The number of anilines is 2. The fourth-order valence-electron chi connectivity index (χ4n) is 2.70. The molecule has 1 fully saturated rings. The average molecular weight is 290 g/mol. The minimum atomic E-state index is 0.0240. The van der Waals surface area contributed by atoms with Crippen LogP contribution in [-0.2, 0) is 9.53 Å². The quantitative estimate of drug-likeness (QED) is 0.621. The number of hydrogen-bond acceptors (Lipinski definition) is 3. The van der Waals surface area contributed by atoms with Gasteiger partial charge in [-0.25, -0.2) is 0 Å². The van der Waals surface area contributed by atoms with E-state index in [0.29, 0.717) is 24.8 Å². The number of amides is 1. The number of nitrogen functional groups attached to an aromatic ring is 1. The van der Waals surface area contributed by atoms with E-state index in [1.165, 1.54) is 32.1 Å². The molecular formula is C17H26N2O2. The summed E-state index contributed by atoms with van der Waals surface area (Å²) in [5.74, 6) is 0.0240. The Morgan fingerprint density at radius 3 is 2.86 bits per heavy atom. The van der Waals surface area contributed by atoms with Crippen LogP contribution in [0.1, 0.15) is 50.5 Å². The zero-order valence-corrected chi connectivity index (χ0v) is 12.9. The van der Waals surface area contributed by atoms with Gasteiger partial charge in [-0.15, -0.1) is 0 Å². The van der Waals surface area contributed by atoms with Crippen molar-refractivity contribution >= 4 is 17.3 Å². The first kappa shape index (κ1) is 15.8. The summed E-state index contributed by atoms with van der Waals surface area (Å²) in [6.07, 6.45) is 7.91. The van der Waals surface area contributed by atoms with Crippen LogP contribution in [0.3, 0.4) is 0 Å². The Hall–Kier alpha value is -1.55. The van der Waals surface area contributed by atoms with Gasteiger partial charge >= 0.3 is 0 Å². The summed E-state index contributed by atoms with van der Waals surface area (Å²) in [7, 11) is 0. The van der Waals surface area contributed by atoms with Crippen molar-refractivity contribution in [3.05, 3.63) is 23.8 Å². The third kappa shape index (κ3) is 5.38. The van der Waals surface area contributed by atoms with Gasteiger partial charge in [0.2, 0.25) is 5.91 Å². The van der Waals surface area contributed by atoms with Crippen molar-refractivity contribution in [2.24, 2.45) is 0 Å². The fourth-order valence-corrected chi connectivity index (χ4v) is 2.70. The molecule has 0 bridgehead atoms. The van der Waals surface area contributed by atoms with Crippen LogP contribution in [0, 0.1) is 6.92 Å². The third-order valence-electron chi connectivity index (χ3n) is 3.99. The van der Waals surface area contributed by atoms with Gasteiger partial charge in [0.1, 0.15) is 0 Å². The second-order valence-electron chi connectivity index (χ2n) is 5.86. The Morgan fingerprint density at radius 1 is 1.33 bits per heavy atom. The molecule has 0 unspecified atom stereocenters. The van der Waals surface area contributed by atoms with E-state index in [2.05, 4.69) is 5.32 Å². The smallest absolute Gasteiger partial charge is 0.224 e. The lowest BCUT2D eigenvalue weighted by Gasteiger charge is -2.21. The molecule has 0 atom stereocenters. The van der Waals surface area contributed by atoms with Crippen LogP contribution < -0.4 is 11.1 Å². The highest BCUT2D eigenvalue weighted by atomic mass is 16.5. The summed E-state index contributed by atoms with van der Waals surface area (Å²) in [4.78, 5) is 11.9. The number of carbonyl (C=O) groups excluding carboxylic acids is 1. The number of benzene rings is 1. The monoisotopic (exact) mass is 290 g/mol. The van der Waals surface area contributed by atoms with Crippen molar-refractivity contribution in [3.63, 3.8) is 0 Å². The second-order valence-corrected chi connectivity index (χ2v) is 5.86. The van der Waals surface area contributed by atoms with Crippen LogP contribution >= 0.6 is 0 Å². The molecule has 1 aromatic rings. The molecule has 1 aliphatic rings. The number of nitrogens with one attached hydrogen (secondary N) is 1. The first-order chi connectivity index (χ1) is 10.1. The molecule has 1 aliphatic carbocycles. The van der Waals surface area contributed by atoms with Gasteiger partial charge in [-0.1, -0.05) is 25.3 Å². The van der Waals surface area contributed by atoms with Crippen LogP contribution in [0.4, 0.5) is 11.4 Å². The number of hydrogen-bond donors (Lipinski definition) is 2. The molecule has 0 aliphatic heterocycles. The maximum atomic E-state index is 11.9. The second kappa shape index (κ2) is 8.03. The highest BCUT2D eigenvalue weighted by Crippen LogP contribution is 2.21. The van der Waals surface area contributed by atoms with Crippen LogP contribution in [0.15, 0.2) is 18.2 Å². The highest BCUT2D eigenvalue weighted by molar-refractivity contribution is 5.91. The molecule has 0 saturated heterocycles. The molecule has 0 heterocycles. The van der Waals surface area contributed by atoms with Gasteiger partial charge < -0.3 is 15.8 Å². The SMILES string of the molecule is Cc1ccc(N)cc1NC(=O)CCCOC1CCCCC1. The average Bonchev–Trinajstić information content (AvgIpc) is 2.48. The Bertz CT molecular complexity index is 468. The predicted octanol–water partition coefficient (Wildman–Crippen LogP) is 3.65. The van der Waals surface area contributed by atoms with Gasteiger partial charge in [0.05, 0.1) is 6.10 Å². The summed E-state index contributed by atoms with van der Waals surface area (Å²) in [5, 5.41) is 2.91. The number of ether oxygens (including phenoxy) is 1. The van der Waals surface area contributed by atoms with Gasteiger partial charge in [-0.2, -0.15) is 0 Å². The van der Waals surface area contributed by atoms with Crippen molar-refractivity contribution in [2.75, 3.05) is 17.7 Å². The van der Waals surface area contributed by atoms with Gasteiger partial charge in [-0.05, 0) is 43.9 Å². The topological polar surface area (TPSA) is 64.3 Å². The van der Waals surface area contributed by atoms with E-state index in [1.54, 1.807) is 6.07 Å². The van der Waals surface area contributed by atoms with Gasteiger partial charge in [-0.3, -0.25) is 4.79 Å². The normalized spacial score (nSPS) is 15.9. The zero-order chi connectivity index (χ0) is 15.1. The fraction of sp³-hybridized carbons (Fsp3) is 0.588. The number of aryl methyl sites for hydroxylation is 1.